The molecule has 11 atom stereocenters. The summed E-state index contributed by atoms with van der Waals surface area (Å²) in [6.45, 7) is 14.4. The predicted octanol–water partition coefficient (Wildman–Crippen LogP) is 6.90. The Kier molecular flexibility index (Phi) is 6.60. The first kappa shape index (κ1) is 26.8. The van der Waals surface area contributed by atoms with Gasteiger partial charge in [-0.2, -0.15) is 0 Å². The van der Waals surface area contributed by atoms with Crippen LogP contribution in [0.3, 0.4) is 0 Å². The number of hydrogen-bond donors (Lipinski definition) is 0. The van der Waals surface area contributed by atoms with Gasteiger partial charge >= 0.3 is 5.97 Å². The van der Waals surface area contributed by atoms with E-state index >= 15 is 0 Å². The Morgan fingerprint density at radius 3 is 2.63 bits per heavy atom. The Morgan fingerprint density at radius 2 is 1.89 bits per heavy atom. The maximum atomic E-state index is 12.8. The minimum atomic E-state index is -0.391. The van der Waals surface area contributed by atoms with Crippen molar-refractivity contribution in [1.29, 1.82) is 0 Å². The van der Waals surface area contributed by atoms with Crippen LogP contribution in [-0.4, -0.2) is 41.3 Å². The number of allylic oxidation sites excluding steroid dienone is 1. The molecule has 6 aliphatic rings. The van der Waals surface area contributed by atoms with E-state index in [1.165, 1.54) is 19.3 Å². The number of piperidine rings is 1. The number of carbonyl (C=O) groups excluding carboxylic acids is 2. The van der Waals surface area contributed by atoms with Crippen LogP contribution < -0.4 is 0 Å². The van der Waals surface area contributed by atoms with E-state index in [9.17, 15) is 9.59 Å². The van der Waals surface area contributed by atoms with E-state index in [2.05, 4.69) is 38.7 Å². The molecule has 0 bridgehead atoms. The third-order valence-corrected chi connectivity index (χ3v) is 12.8. The molecule has 3 saturated carbocycles. The average Bonchev–Trinajstić information content (AvgIpc) is 3.31. The molecule has 2 aliphatic heterocycles. The van der Waals surface area contributed by atoms with Crippen LogP contribution in [0.25, 0.3) is 0 Å². The van der Waals surface area contributed by atoms with Crippen LogP contribution >= 0.6 is 0 Å². The average molecular weight is 526 g/mol. The molecule has 5 heteroatoms. The highest BCUT2D eigenvalue weighted by Gasteiger charge is 2.69. The molecular weight excluding hydrogens is 474 g/mol. The maximum Gasteiger partial charge on any atom is 0.306 e. The van der Waals surface area contributed by atoms with Crippen LogP contribution in [0.2, 0.25) is 0 Å². The molecule has 2 saturated heterocycles. The molecule has 0 radical (unpaired) electrons. The molecule has 0 aromatic heterocycles. The number of rotatable bonds is 3. The molecule has 5 fully saturated rings. The number of amides is 1. The highest BCUT2D eigenvalue weighted by Crippen LogP contribution is 2.70. The summed E-state index contributed by atoms with van der Waals surface area (Å²) in [7, 11) is 0. The number of nitrogens with zero attached hydrogens (tertiary/aromatic N) is 1. The fourth-order valence-electron chi connectivity index (χ4n) is 11.0. The topological polar surface area (TPSA) is 55.8 Å². The minimum Gasteiger partial charge on any atom is -0.462 e. The first-order valence-corrected chi connectivity index (χ1v) is 15.9. The van der Waals surface area contributed by atoms with Crippen molar-refractivity contribution in [1.82, 2.24) is 4.90 Å². The van der Waals surface area contributed by atoms with Crippen LogP contribution in [0, 0.1) is 46.3 Å². The zero-order chi connectivity index (χ0) is 27.0. The fraction of sp³-hybridized carbons (Fsp3) is 0.879. The highest BCUT2D eigenvalue weighted by molar-refractivity contribution is 5.74. The van der Waals surface area contributed by atoms with E-state index in [0.717, 1.165) is 57.4 Å². The Bertz CT molecular complexity index is 1010. The predicted molar refractivity (Wildman–Crippen MR) is 148 cm³/mol. The number of fused-ring (bicyclic) bond motifs is 7. The number of hydrogen-bond acceptors (Lipinski definition) is 4. The Morgan fingerprint density at radius 1 is 1.11 bits per heavy atom. The molecule has 38 heavy (non-hydrogen) atoms. The second-order valence-corrected chi connectivity index (χ2v) is 14.7. The first-order valence-electron chi connectivity index (χ1n) is 15.9. The molecular formula is C33H51NO4. The van der Waals surface area contributed by atoms with Crippen molar-refractivity contribution in [3.05, 3.63) is 11.6 Å². The summed E-state index contributed by atoms with van der Waals surface area (Å²) >= 11 is 0. The van der Waals surface area contributed by atoms with Gasteiger partial charge in [0.25, 0.3) is 0 Å². The lowest BCUT2D eigenvalue weighted by Gasteiger charge is -2.59. The van der Waals surface area contributed by atoms with Crippen LogP contribution in [0.4, 0.5) is 0 Å². The van der Waals surface area contributed by atoms with Crippen LogP contribution in [0.5, 0.6) is 0 Å². The zero-order valence-electron chi connectivity index (χ0n) is 24.8. The van der Waals surface area contributed by atoms with Crippen molar-refractivity contribution in [2.75, 3.05) is 6.54 Å². The van der Waals surface area contributed by atoms with Gasteiger partial charge in [0.15, 0.2) is 0 Å². The second kappa shape index (κ2) is 9.35. The number of likely N-dealkylation sites (tertiary alicyclic amines) is 1. The van der Waals surface area contributed by atoms with Crippen molar-refractivity contribution in [2.24, 2.45) is 46.3 Å². The van der Waals surface area contributed by atoms with Crippen molar-refractivity contribution in [3.63, 3.8) is 0 Å². The fourth-order valence-corrected chi connectivity index (χ4v) is 11.0. The van der Waals surface area contributed by atoms with E-state index in [1.807, 2.05) is 6.92 Å². The lowest BCUT2D eigenvalue weighted by atomic mass is 9.46. The largest absolute Gasteiger partial charge is 0.462 e. The Hall–Kier alpha value is -1.36. The molecule has 5 nitrogen and oxygen atoms in total. The molecule has 1 spiro atoms. The van der Waals surface area contributed by atoms with Gasteiger partial charge in [0, 0.05) is 32.2 Å². The summed E-state index contributed by atoms with van der Waals surface area (Å²) in [5, 5.41) is 0. The van der Waals surface area contributed by atoms with Gasteiger partial charge in [0.05, 0.1) is 6.10 Å². The van der Waals surface area contributed by atoms with Crippen molar-refractivity contribution < 1.29 is 19.1 Å². The normalized spacial score (nSPS) is 49.5. The molecule has 4 aliphatic carbocycles. The van der Waals surface area contributed by atoms with Gasteiger partial charge in [-0.3, -0.25) is 9.59 Å². The lowest BCUT2D eigenvalue weighted by molar-refractivity contribution is -0.200. The maximum absolute atomic E-state index is 12.8. The zero-order valence-corrected chi connectivity index (χ0v) is 24.8. The van der Waals surface area contributed by atoms with E-state index in [0.29, 0.717) is 36.0 Å². The Balaban J connectivity index is 1.22. The summed E-state index contributed by atoms with van der Waals surface area (Å²) in [6, 6.07) is 0. The smallest absolute Gasteiger partial charge is 0.306 e. The van der Waals surface area contributed by atoms with Gasteiger partial charge in [-0.1, -0.05) is 46.3 Å². The minimum absolute atomic E-state index is 0.0241. The van der Waals surface area contributed by atoms with Gasteiger partial charge in [-0.15, -0.1) is 0 Å². The van der Waals surface area contributed by atoms with Crippen LogP contribution in [0.1, 0.15) is 112 Å². The molecule has 2 heterocycles. The van der Waals surface area contributed by atoms with E-state index in [-0.39, 0.29) is 34.9 Å². The van der Waals surface area contributed by atoms with Crippen molar-refractivity contribution in [2.45, 2.75) is 130 Å². The quantitative estimate of drug-likeness (QED) is 0.297. The molecule has 0 unspecified atom stereocenters. The third kappa shape index (κ3) is 3.79. The van der Waals surface area contributed by atoms with E-state index < -0.39 is 5.72 Å². The number of ether oxygens (including phenoxy) is 2. The van der Waals surface area contributed by atoms with E-state index in [4.69, 9.17) is 9.47 Å². The standard InChI is InChI=1S/C33H51NO4/c1-7-8-29(36)37-24-12-14-31(5)23(17-24)9-10-25-26(31)13-15-32(6)27(25)18-28-30(32)21(3)33(38-28)16-11-20(2)19-34(33)22(4)35/h9,20-21,24-28,30H,7-8,10-19H2,1-6H3/t20-,21-,24-,25+,26+,27+,28+,30-,31-,32-,33+/m0/s1. The Labute approximate surface area is 230 Å². The summed E-state index contributed by atoms with van der Waals surface area (Å²) in [6.07, 6.45) is 14.4. The third-order valence-electron chi connectivity index (χ3n) is 12.8. The summed E-state index contributed by atoms with van der Waals surface area (Å²) in [4.78, 5) is 27.1. The van der Waals surface area contributed by atoms with E-state index in [1.54, 1.807) is 12.5 Å². The molecule has 0 N–H and O–H groups in total. The molecule has 0 aromatic rings. The van der Waals surface area contributed by atoms with Crippen LogP contribution in [-0.2, 0) is 19.1 Å². The summed E-state index contributed by atoms with van der Waals surface area (Å²) < 4.78 is 13.0. The first-order chi connectivity index (χ1) is 18.0. The van der Waals surface area contributed by atoms with Gasteiger partial charge in [0.2, 0.25) is 5.91 Å². The van der Waals surface area contributed by atoms with Crippen molar-refractivity contribution in [3.8, 4) is 0 Å². The molecule has 6 rings (SSSR count). The summed E-state index contributed by atoms with van der Waals surface area (Å²) in [5.41, 5.74) is 1.71. The van der Waals surface area contributed by atoms with Gasteiger partial charge < -0.3 is 14.4 Å². The number of carbonyl (C=O) groups is 2. The lowest BCUT2D eigenvalue weighted by Crippen LogP contribution is -2.60. The molecule has 1 amide bonds. The monoisotopic (exact) mass is 525 g/mol. The van der Waals surface area contributed by atoms with Gasteiger partial charge in [-0.25, -0.2) is 0 Å². The molecule has 212 valence electrons. The SMILES string of the molecule is CCCC(=O)O[C@H]1CC[C@@]2(C)C(=CC[C@H]3[C@H]4C[C@H]5O[C@]6(CC[C@H](C)CN6C(C)=O)[C@@H](C)[C@@H]5[C@@]4(C)CC[C@H]32)C1. The van der Waals surface area contributed by atoms with Crippen LogP contribution in [0.15, 0.2) is 11.6 Å². The number of esters is 1. The van der Waals surface area contributed by atoms with Gasteiger partial charge in [-0.05, 0) is 98.2 Å². The van der Waals surface area contributed by atoms with Gasteiger partial charge in [0.1, 0.15) is 11.8 Å². The second-order valence-electron chi connectivity index (χ2n) is 14.7. The van der Waals surface area contributed by atoms with Crippen molar-refractivity contribution >= 4 is 11.9 Å². The molecule has 0 aromatic carbocycles. The summed E-state index contributed by atoms with van der Waals surface area (Å²) in [5.74, 6) is 3.76. The highest BCUT2D eigenvalue weighted by atomic mass is 16.5.